The Morgan fingerprint density at radius 1 is 1.44 bits per heavy atom. The highest BCUT2D eigenvalue weighted by Crippen LogP contribution is 2.27. The van der Waals surface area contributed by atoms with E-state index in [1.54, 1.807) is 6.07 Å². The van der Waals surface area contributed by atoms with Crippen molar-refractivity contribution in [3.8, 4) is 0 Å². The first-order valence-corrected chi connectivity index (χ1v) is 6.60. The first-order valence-electron chi connectivity index (χ1n) is 5.44. The van der Waals surface area contributed by atoms with Crippen LogP contribution in [-0.2, 0) is 6.42 Å². The van der Waals surface area contributed by atoms with E-state index >= 15 is 0 Å². The van der Waals surface area contributed by atoms with Gasteiger partial charge < -0.3 is 5.73 Å². The Morgan fingerprint density at radius 2 is 2.25 bits per heavy atom. The molecule has 0 spiro atoms. The van der Waals surface area contributed by atoms with Crippen molar-refractivity contribution in [2.45, 2.75) is 18.9 Å². The van der Waals surface area contributed by atoms with Crippen LogP contribution in [0.5, 0.6) is 0 Å². The second-order valence-electron chi connectivity index (χ2n) is 4.20. The zero-order chi connectivity index (χ0) is 11.5. The highest BCUT2D eigenvalue weighted by atomic mass is 32.2. The van der Waals surface area contributed by atoms with Gasteiger partial charge in [-0.1, -0.05) is 12.1 Å². The third-order valence-electron chi connectivity index (χ3n) is 3.06. The molecule has 16 heavy (non-hydrogen) atoms. The van der Waals surface area contributed by atoms with Crippen molar-refractivity contribution < 1.29 is 8.78 Å². The molecule has 2 N–H and O–H groups in total. The number of halogens is 2. The molecule has 0 bridgehead atoms. The van der Waals surface area contributed by atoms with Gasteiger partial charge in [-0.15, -0.1) is 0 Å². The molecule has 1 heterocycles. The number of hydrogen-bond donors (Lipinski definition) is 1. The highest BCUT2D eigenvalue weighted by molar-refractivity contribution is 7.99. The van der Waals surface area contributed by atoms with Crippen LogP contribution in [0.2, 0.25) is 0 Å². The van der Waals surface area contributed by atoms with Gasteiger partial charge in [0.25, 0.3) is 0 Å². The third-order valence-corrected chi connectivity index (χ3v) is 4.25. The Bertz CT molecular complexity index is 364. The lowest BCUT2D eigenvalue weighted by Gasteiger charge is -2.18. The Labute approximate surface area is 98.4 Å². The molecule has 1 saturated heterocycles. The molecule has 0 aliphatic carbocycles. The molecule has 0 aromatic heterocycles. The number of hydrogen-bond acceptors (Lipinski definition) is 2. The molecule has 4 heteroatoms. The summed E-state index contributed by atoms with van der Waals surface area (Å²) in [6.45, 7) is 0. The lowest BCUT2D eigenvalue weighted by molar-refractivity contribution is 0.444. The van der Waals surface area contributed by atoms with Crippen LogP contribution in [-0.4, -0.2) is 17.5 Å². The Hall–Kier alpha value is -0.610. The second kappa shape index (κ2) is 5.15. The molecule has 0 saturated carbocycles. The first-order chi connectivity index (χ1) is 7.68. The summed E-state index contributed by atoms with van der Waals surface area (Å²) in [5, 5.41) is 0. The molecular weight excluding hydrogens is 228 g/mol. The van der Waals surface area contributed by atoms with E-state index in [-0.39, 0.29) is 6.04 Å². The van der Waals surface area contributed by atoms with Crippen LogP contribution >= 0.6 is 11.8 Å². The number of rotatable bonds is 3. The van der Waals surface area contributed by atoms with Crippen molar-refractivity contribution in [1.29, 1.82) is 0 Å². The van der Waals surface area contributed by atoms with Crippen molar-refractivity contribution in [3.05, 3.63) is 35.4 Å². The van der Waals surface area contributed by atoms with Crippen molar-refractivity contribution in [1.82, 2.24) is 0 Å². The van der Waals surface area contributed by atoms with E-state index in [2.05, 4.69) is 0 Å². The Kier molecular flexibility index (Phi) is 3.82. The second-order valence-corrected chi connectivity index (χ2v) is 5.35. The zero-order valence-corrected chi connectivity index (χ0v) is 9.77. The fourth-order valence-corrected chi connectivity index (χ4v) is 3.37. The monoisotopic (exact) mass is 243 g/mol. The molecule has 2 unspecified atom stereocenters. The average molecular weight is 243 g/mol. The van der Waals surface area contributed by atoms with Gasteiger partial charge in [0.2, 0.25) is 0 Å². The van der Waals surface area contributed by atoms with Gasteiger partial charge >= 0.3 is 0 Å². The molecule has 1 aromatic carbocycles. The van der Waals surface area contributed by atoms with Gasteiger partial charge in [-0.3, -0.25) is 0 Å². The summed E-state index contributed by atoms with van der Waals surface area (Å²) >= 11 is 1.88. The molecule has 88 valence electrons. The summed E-state index contributed by atoms with van der Waals surface area (Å²) in [6.07, 6.45) is 1.51. The normalized spacial score (nSPS) is 22.3. The predicted octanol–water partition coefficient (Wildman–Crippen LogP) is 2.59. The molecular formula is C12H15F2NS. The minimum Gasteiger partial charge on any atom is -0.327 e. The minimum absolute atomic E-state index is 0.0636. The van der Waals surface area contributed by atoms with Gasteiger partial charge in [-0.2, -0.15) is 11.8 Å². The van der Waals surface area contributed by atoms with E-state index in [0.717, 1.165) is 24.0 Å². The molecule has 0 amide bonds. The minimum atomic E-state index is -0.787. The fraction of sp³-hybridized carbons (Fsp3) is 0.500. The van der Waals surface area contributed by atoms with Gasteiger partial charge in [0, 0.05) is 6.04 Å². The van der Waals surface area contributed by atoms with Crippen LogP contribution in [0.15, 0.2) is 18.2 Å². The molecule has 1 aliphatic rings. The maximum absolute atomic E-state index is 13.4. The topological polar surface area (TPSA) is 26.0 Å². The molecule has 1 aliphatic heterocycles. The quantitative estimate of drug-likeness (QED) is 0.883. The van der Waals surface area contributed by atoms with E-state index in [4.69, 9.17) is 5.73 Å². The molecule has 1 nitrogen and oxygen atoms in total. The maximum atomic E-state index is 13.4. The Morgan fingerprint density at radius 3 is 2.94 bits per heavy atom. The van der Waals surface area contributed by atoms with Crippen molar-refractivity contribution in [2.24, 2.45) is 11.7 Å². The van der Waals surface area contributed by atoms with Gasteiger partial charge in [-0.05, 0) is 41.9 Å². The smallest absolute Gasteiger partial charge is 0.162 e. The SMILES string of the molecule is NC(Cc1cccc(F)c1F)C1CCSC1. The van der Waals surface area contributed by atoms with E-state index in [1.165, 1.54) is 6.07 Å². The molecule has 1 fully saturated rings. The molecule has 2 atom stereocenters. The van der Waals surface area contributed by atoms with Gasteiger partial charge in [0.05, 0.1) is 0 Å². The fourth-order valence-electron chi connectivity index (χ4n) is 2.02. The summed E-state index contributed by atoms with van der Waals surface area (Å²) in [7, 11) is 0. The van der Waals surface area contributed by atoms with E-state index in [1.807, 2.05) is 11.8 Å². The summed E-state index contributed by atoms with van der Waals surface area (Å²) in [6, 6.07) is 4.21. The van der Waals surface area contributed by atoms with Crippen LogP contribution in [0.3, 0.4) is 0 Å². The van der Waals surface area contributed by atoms with E-state index in [9.17, 15) is 8.78 Å². The highest BCUT2D eigenvalue weighted by Gasteiger charge is 2.23. The van der Waals surface area contributed by atoms with Gasteiger partial charge in [-0.25, -0.2) is 8.78 Å². The zero-order valence-electron chi connectivity index (χ0n) is 8.96. The van der Waals surface area contributed by atoms with Crippen LogP contribution in [0.1, 0.15) is 12.0 Å². The van der Waals surface area contributed by atoms with Crippen molar-refractivity contribution in [3.63, 3.8) is 0 Å². The summed E-state index contributed by atoms with van der Waals surface area (Å²) in [4.78, 5) is 0. The van der Waals surface area contributed by atoms with Crippen LogP contribution in [0.4, 0.5) is 8.78 Å². The van der Waals surface area contributed by atoms with Crippen LogP contribution in [0, 0.1) is 17.6 Å². The lowest BCUT2D eigenvalue weighted by atomic mass is 9.93. The average Bonchev–Trinajstić information content (AvgIpc) is 2.78. The summed E-state index contributed by atoms with van der Waals surface area (Å²) < 4.78 is 26.4. The van der Waals surface area contributed by atoms with Crippen LogP contribution < -0.4 is 5.73 Å². The summed E-state index contributed by atoms with van der Waals surface area (Å²) in [5.74, 6) is 1.07. The Balaban J connectivity index is 2.05. The molecule has 2 rings (SSSR count). The third kappa shape index (κ3) is 2.55. The largest absolute Gasteiger partial charge is 0.327 e. The van der Waals surface area contributed by atoms with Crippen LogP contribution in [0.25, 0.3) is 0 Å². The number of benzene rings is 1. The first kappa shape index (κ1) is 11.9. The van der Waals surface area contributed by atoms with Gasteiger partial charge in [0.1, 0.15) is 0 Å². The van der Waals surface area contributed by atoms with Crippen molar-refractivity contribution in [2.75, 3.05) is 11.5 Å². The lowest BCUT2D eigenvalue weighted by Crippen LogP contribution is -2.32. The predicted molar refractivity (Wildman–Crippen MR) is 63.5 cm³/mol. The van der Waals surface area contributed by atoms with E-state index < -0.39 is 11.6 Å². The molecule has 1 aromatic rings. The maximum Gasteiger partial charge on any atom is 0.162 e. The van der Waals surface area contributed by atoms with Crippen molar-refractivity contribution >= 4 is 11.8 Å². The standard InChI is InChI=1S/C12H15F2NS/c13-10-3-1-2-8(12(10)14)6-11(15)9-4-5-16-7-9/h1-3,9,11H,4-7,15H2. The summed E-state index contributed by atoms with van der Waals surface area (Å²) in [5.41, 5.74) is 6.42. The van der Waals surface area contributed by atoms with Gasteiger partial charge in [0.15, 0.2) is 11.6 Å². The molecule has 0 radical (unpaired) electrons. The number of nitrogens with two attached hydrogens (primary N) is 1. The number of thioether (sulfide) groups is 1. The van der Waals surface area contributed by atoms with E-state index in [0.29, 0.717) is 17.9 Å².